The van der Waals surface area contributed by atoms with Crippen LogP contribution in [0.25, 0.3) is 0 Å². The van der Waals surface area contributed by atoms with E-state index in [9.17, 15) is 9.90 Å². The number of nitrogens with one attached hydrogen (secondary N) is 1. The monoisotopic (exact) mass is 261 g/mol. The molecule has 0 spiro atoms. The maximum absolute atomic E-state index is 12.2. The van der Waals surface area contributed by atoms with E-state index in [0.29, 0.717) is 6.54 Å². The number of amides is 1. The van der Waals surface area contributed by atoms with Gasteiger partial charge in [-0.05, 0) is 30.9 Å². The zero-order chi connectivity index (χ0) is 13.7. The minimum atomic E-state index is -0.699. The number of hydrogen-bond donors (Lipinski definition) is 2. The van der Waals surface area contributed by atoms with Gasteiger partial charge < -0.3 is 10.4 Å². The van der Waals surface area contributed by atoms with Gasteiger partial charge in [0.1, 0.15) is 0 Å². The van der Waals surface area contributed by atoms with Crippen LogP contribution in [0.2, 0.25) is 0 Å². The third-order valence-electron chi connectivity index (χ3n) is 4.01. The fourth-order valence-electron chi connectivity index (χ4n) is 2.78. The van der Waals surface area contributed by atoms with E-state index in [2.05, 4.69) is 5.32 Å². The van der Waals surface area contributed by atoms with Crippen LogP contribution in [-0.2, 0) is 6.42 Å². The van der Waals surface area contributed by atoms with E-state index < -0.39 is 5.60 Å². The number of carbonyl (C=O) groups is 1. The maximum Gasteiger partial charge on any atom is 0.251 e. The van der Waals surface area contributed by atoms with Gasteiger partial charge in [0, 0.05) is 12.1 Å². The molecule has 19 heavy (non-hydrogen) atoms. The fourth-order valence-corrected chi connectivity index (χ4v) is 2.78. The fraction of sp³-hybridized carbons (Fsp3) is 0.562. The molecule has 0 aliphatic heterocycles. The van der Waals surface area contributed by atoms with Crippen molar-refractivity contribution in [1.29, 1.82) is 0 Å². The molecule has 0 atom stereocenters. The number of carbonyl (C=O) groups excluding carboxylic acids is 1. The first kappa shape index (κ1) is 14.1. The summed E-state index contributed by atoms with van der Waals surface area (Å²) in [7, 11) is 0. The Balaban J connectivity index is 1.97. The first-order chi connectivity index (χ1) is 9.14. The smallest absolute Gasteiger partial charge is 0.251 e. The molecule has 3 nitrogen and oxygen atoms in total. The maximum atomic E-state index is 12.2. The topological polar surface area (TPSA) is 49.3 Å². The predicted octanol–water partition coefficient (Wildman–Crippen LogP) is 2.67. The second-order valence-corrected chi connectivity index (χ2v) is 5.48. The van der Waals surface area contributed by atoms with E-state index in [0.717, 1.165) is 43.2 Å². The van der Waals surface area contributed by atoms with E-state index in [4.69, 9.17) is 0 Å². The van der Waals surface area contributed by atoms with Gasteiger partial charge in [0.05, 0.1) is 5.60 Å². The van der Waals surface area contributed by atoms with Crippen LogP contribution in [-0.4, -0.2) is 23.2 Å². The molecule has 3 heteroatoms. The van der Waals surface area contributed by atoms with Gasteiger partial charge in [-0.15, -0.1) is 0 Å². The molecule has 1 aliphatic carbocycles. The number of aliphatic hydroxyl groups is 1. The minimum Gasteiger partial charge on any atom is -0.388 e. The zero-order valence-electron chi connectivity index (χ0n) is 11.6. The van der Waals surface area contributed by atoms with Gasteiger partial charge in [-0.25, -0.2) is 0 Å². The molecule has 1 fully saturated rings. The summed E-state index contributed by atoms with van der Waals surface area (Å²) in [5.74, 6) is -0.0727. The Bertz CT molecular complexity index is 436. The summed E-state index contributed by atoms with van der Waals surface area (Å²) in [5, 5.41) is 13.3. The van der Waals surface area contributed by atoms with Gasteiger partial charge in [-0.2, -0.15) is 0 Å². The van der Waals surface area contributed by atoms with Crippen molar-refractivity contribution < 1.29 is 9.90 Å². The summed E-state index contributed by atoms with van der Waals surface area (Å²) in [6.07, 6.45) is 5.73. The first-order valence-corrected chi connectivity index (χ1v) is 7.23. The predicted molar refractivity (Wildman–Crippen MR) is 76.2 cm³/mol. The Morgan fingerprint density at radius 1 is 1.26 bits per heavy atom. The summed E-state index contributed by atoms with van der Waals surface area (Å²) < 4.78 is 0. The molecule has 0 saturated heterocycles. The average Bonchev–Trinajstić information content (AvgIpc) is 2.45. The Morgan fingerprint density at radius 2 is 1.95 bits per heavy atom. The molecule has 2 rings (SSSR count). The first-order valence-electron chi connectivity index (χ1n) is 7.23. The van der Waals surface area contributed by atoms with Gasteiger partial charge in [-0.1, -0.05) is 44.4 Å². The Hall–Kier alpha value is -1.35. The molecule has 0 radical (unpaired) electrons. The normalized spacial score (nSPS) is 18.0. The van der Waals surface area contributed by atoms with Crippen LogP contribution in [0.3, 0.4) is 0 Å². The van der Waals surface area contributed by atoms with Crippen LogP contribution in [0.5, 0.6) is 0 Å². The highest BCUT2D eigenvalue weighted by atomic mass is 16.3. The second-order valence-electron chi connectivity index (χ2n) is 5.48. The minimum absolute atomic E-state index is 0.0727. The van der Waals surface area contributed by atoms with Gasteiger partial charge in [0.2, 0.25) is 0 Å². The van der Waals surface area contributed by atoms with Crippen molar-refractivity contribution in [1.82, 2.24) is 5.32 Å². The molecule has 1 amide bonds. The standard InChI is InChI=1S/C16H23NO2/c1-2-13-8-4-5-9-14(13)15(18)17-12-16(19)10-6-3-7-11-16/h4-5,8-9,19H,2-3,6-7,10-12H2,1H3,(H,17,18). The molecule has 0 bridgehead atoms. The summed E-state index contributed by atoms with van der Waals surface area (Å²) in [6, 6.07) is 7.65. The highest BCUT2D eigenvalue weighted by molar-refractivity contribution is 5.95. The molecular formula is C16H23NO2. The third kappa shape index (κ3) is 3.57. The van der Waals surface area contributed by atoms with E-state index in [1.807, 2.05) is 31.2 Å². The lowest BCUT2D eigenvalue weighted by atomic mass is 9.85. The summed E-state index contributed by atoms with van der Waals surface area (Å²) in [4.78, 5) is 12.2. The molecule has 0 aromatic heterocycles. The number of aryl methyl sites for hydroxylation is 1. The number of hydrogen-bond acceptors (Lipinski definition) is 2. The highest BCUT2D eigenvalue weighted by Gasteiger charge is 2.29. The summed E-state index contributed by atoms with van der Waals surface area (Å²) in [5.41, 5.74) is 1.08. The van der Waals surface area contributed by atoms with Crippen LogP contribution >= 0.6 is 0 Å². The van der Waals surface area contributed by atoms with Crippen molar-refractivity contribution in [2.24, 2.45) is 0 Å². The average molecular weight is 261 g/mol. The summed E-state index contributed by atoms with van der Waals surface area (Å²) in [6.45, 7) is 2.41. The lowest BCUT2D eigenvalue weighted by Crippen LogP contribution is -2.44. The van der Waals surface area contributed by atoms with Crippen LogP contribution in [0.1, 0.15) is 54.9 Å². The quantitative estimate of drug-likeness (QED) is 0.875. The van der Waals surface area contributed by atoms with Crippen molar-refractivity contribution in [3.63, 3.8) is 0 Å². The van der Waals surface area contributed by atoms with Gasteiger partial charge in [-0.3, -0.25) is 4.79 Å². The lowest BCUT2D eigenvalue weighted by Gasteiger charge is -2.32. The molecular weight excluding hydrogens is 238 g/mol. The van der Waals surface area contributed by atoms with Crippen molar-refractivity contribution in [3.05, 3.63) is 35.4 Å². The Labute approximate surface area is 115 Å². The molecule has 2 N–H and O–H groups in total. The van der Waals surface area contributed by atoms with Gasteiger partial charge in [0.15, 0.2) is 0 Å². The highest BCUT2D eigenvalue weighted by Crippen LogP contribution is 2.27. The molecule has 1 aliphatic rings. The zero-order valence-corrected chi connectivity index (χ0v) is 11.6. The molecule has 1 aromatic carbocycles. The Morgan fingerprint density at radius 3 is 2.63 bits per heavy atom. The van der Waals surface area contributed by atoms with E-state index >= 15 is 0 Å². The largest absolute Gasteiger partial charge is 0.388 e. The van der Waals surface area contributed by atoms with Crippen molar-refractivity contribution in [2.75, 3.05) is 6.54 Å². The lowest BCUT2D eigenvalue weighted by molar-refractivity contribution is 0.00525. The molecule has 0 heterocycles. The molecule has 1 aromatic rings. The van der Waals surface area contributed by atoms with Gasteiger partial charge >= 0.3 is 0 Å². The van der Waals surface area contributed by atoms with Gasteiger partial charge in [0.25, 0.3) is 5.91 Å². The van der Waals surface area contributed by atoms with Crippen LogP contribution in [0, 0.1) is 0 Å². The Kier molecular flexibility index (Phi) is 4.59. The SMILES string of the molecule is CCc1ccccc1C(=O)NCC1(O)CCCCC1. The number of benzene rings is 1. The number of rotatable bonds is 4. The van der Waals surface area contributed by atoms with Crippen LogP contribution in [0.4, 0.5) is 0 Å². The summed E-state index contributed by atoms with van der Waals surface area (Å²) >= 11 is 0. The van der Waals surface area contributed by atoms with Crippen LogP contribution in [0.15, 0.2) is 24.3 Å². The van der Waals surface area contributed by atoms with Crippen LogP contribution < -0.4 is 5.32 Å². The molecule has 0 unspecified atom stereocenters. The van der Waals surface area contributed by atoms with E-state index in [1.54, 1.807) is 0 Å². The van der Waals surface area contributed by atoms with E-state index in [1.165, 1.54) is 6.42 Å². The third-order valence-corrected chi connectivity index (χ3v) is 4.01. The van der Waals surface area contributed by atoms with Crippen molar-refractivity contribution in [2.45, 2.75) is 51.0 Å². The van der Waals surface area contributed by atoms with E-state index in [-0.39, 0.29) is 5.91 Å². The second kappa shape index (κ2) is 6.20. The molecule has 1 saturated carbocycles. The van der Waals surface area contributed by atoms with Crippen molar-refractivity contribution >= 4 is 5.91 Å². The molecule has 104 valence electrons. The van der Waals surface area contributed by atoms with Crippen molar-refractivity contribution in [3.8, 4) is 0 Å².